The minimum atomic E-state index is -0.540. The Morgan fingerprint density at radius 2 is 1.05 bits per heavy atom. The Kier molecular flexibility index (Phi) is 12.8. The van der Waals surface area contributed by atoms with Gasteiger partial charge < -0.3 is 29.5 Å². The number of carbonyl (C=O) groups is 3. The first-order valence-electron chi connectivity index (χ1n) is 11.3. The Morgan fingerprint density at radius 3 is 1.54 bits per heavy atom. The summed E-state index contributed by atoms with van der Waals surface area (Å²) in [7, 11) is 0. The third kappa shape index (κ3) is 12.5. The molecule has 0 spiro atoms. The van der Waals surface area contributed by atoms with E-state index < -0.39 is 17.9 Å². The molecule has 0 unspecified atom stereocenters. The highest BCUT2D eigenvalue weighted by molar-refractivity contribution is 5.89. The Labute approximate surface area is 226 Å². The van der Waals surface area contributed by atoms with Crippen molar-refractivity contribution in [2.75, 3.05) is 0 Å². The van der Waals surface area contributed by atoms with Crippen LogP contribution in [0.3, 0.4) is 0 Å². The predicted octanol–water partition coefficient (Wildman–Crippen LogP) is 5.62. The molecule has 0 saturated heterocycles. The van der Waals surface area contributed by atoms with E-state index >= 15 is 0 Å². The second kappa shape index (κ2) is 15.7. The summed E-state index contributed by atoms with van der Waals surface area (Å²) in [6.07, 6.45) is 0. The van der Waals surface area contributed by atoms with Crippen LogP contribution in [0.25, 0.3) is 0 Å². The van der Waals surface area contributed by atoms with Crippen molar-refractivity contribution in [1.29, 1.82) is 0 Å². The third-order valence-corrected chi connectivity index (χ3v) is 4.19. The highest BCUT2D eigenvalue weighted by atomic mass is 16.5. The van der Waals surface area contributed by atoms with Gasteiger partial charge in [-0.2, -0.15) is 0 Å². The first-order chi connectivity index (χ1) is 18.3. The molecule has 3 rings (SSSR count). The van der Waals surface area contributed by atoms with Crippen molar-refractivity contribution in [3.63, 3.8) is 0 Å². The summed E-state index contributed by atoms with van der Waals surface area (Å²) in [5, 5.41) is 27.2. The summed E-state index contributed by atoms with van der Waals surface area (Å²) in [6, 6.07) is 18.2. The third-order valence-electron chi connectivity index (χ3n) is 4.19. The molecule has 0 aliphatic carbocycles. The fraction of sp³-hybridized carbons (Fsp3) is 0.100. The van der Waals surface area contributed by atoms with Gasteiger partial charge in [-0.1, -0.05) is 37.9 Å². The van der Waals surface area contributed by atoms with Crippen LogP contribution < -0.4 is 14.2 Å². The number of rotatable bonds is 6. The van der Waals surface area contributed by atoms with Gasteiger partial charge in [-0.3, -0.25) is 0 Å². The van der Waals surface area contributed by atoms with E-state index in [1.165, 1.54) is 48.5 Å². The summed E-state index contributed by atoms with van der Waals surface area (Å²) >= 11 is 0. The lowest BCUT2D eigenvalue weighted by Gasteiger charge is -2.04. The number of phenolic OH excluding ortho intramolecular Hbond substituents is 3. The normalized spacial score (nSPS) is 9.31. The quantitative estimate of drug-likeness (QED) is 0.209. The number of para-hydroxylation sites is 2. The summed E-state index contributed by atoms with van der Waals surface area (Å²) in [5.41, 5.74) is 0.958. The SMILES string of the molecule is C=C(C)C(=O)Oc1ccc(O)cc1.C=C(C)C(=O)Oc1cccc(O)c1.C=C(C)C(=O)Oc1ccccc1O. The molecule has 0 saturated carbocycles. The molecule has 39 heavy (non-hydrogen) atoms. The lowest BCUT2D eigenvalue weighted by atomic mass is 10.3. The molecule has 0 atom stereocenters. The molecule has 0 aromatic heterocycles. The Morgan fingerprint density at radius 1 is 0.564 bits per heavy atom. The van der Waals surface area contributed by atoms with E-state index in [1.807, 2.05) is 0 Å². The van der Waals surface area contributed by atoms with Gasteiger partial charge >= 0.3 is 17.9 Å². The maximum atomic E-state index is 11.0. The van der Waals surface area contributed by atoms with E-state index in [1.54, 1.807) is 45.0 Å². The lowest BCUT2D eigenvalue weighted by molar-refractivity contribution is -0.131. The summed E-state index contributed by atoms with van der Waals surface area (Å²) in [5.74, 6) is -0.508. The van der Waals surface area contributed by atoms with Crippen LogP contribution in [-0.2, 0) is 14.4 Å². The van der Waals surface area contributed by atoms with Crippen molar-refractivity contribution in [3.8, 4) is 34.5 Å². The smallest absolute Gasteiger partial charge is 0.338 e. The summed E-state index contributed by atoms with van der Waals surface area (Å²) < 4.78 is 14.6. The van der Waals surface area contributed by atoms with Gasteiger partial charge in [-0.05, 0) is 69.3 Å². The fourth-order valence-electron chi connectivity index (χ4n) is 2.18. The van der Waals surface area contributed by atoms with Gasteiger partial charge in [0.2, 0.25) is 0 Å². The molecule has 3 aromatic carbocycles. The first-order valence-corrected chi connectivity index (χ1v) is 11.3. The Hall–Kier alpha value is -5.31. The number of aromatic hydroxyl groups is 3. The minimum Gasteiger partial charge on any atom is -0.508 e. The number of hydrogen-bond donors (Lipinski definition) is 3. The molecule has 9 nitrogen and oxygen atoms in total. The molecular weight excluding hydrogens is 504 g/mol. The number of ether oxygens (including phenoxy) is 3. The van der Waals surface area contributed by atoms with Crippen LogP contribution in [-0.4, -0.2) is 33.2 Å². The lowest BCUT2D eigenvalue weighted by Crippen LogP contribution is -2.08. The van der Waals surface area contributed by atoms with Crippen LogP contribution in [0.1, 0.15) is 20.8 Å². The zero-order valence-electron chi connectivity index (χ0n) is 21.8. The molecule has 0 heterocycles. The number of phenols is 3. The van der Waals surface area contributed by atoms with Crippen LogP contribution in [0.5, 0.6) is 34.5 Å². The molecule has 0 fully saturated rings. The Balaban J connectivity index is 0.000000292. The van der Waals surface area contributed by atoms with Gasteiger partial charge in [0, 0.05) is 22.8 Å². The first kappa shape index (κ1) is 31.7. The number of benzene rings is 3. The number of esters is 3. The standard InChI is InChI=1S/3C10H10O3/c1-7(2)10(12)13-9-5-3-8(11)4-6-9;1-7(2)10(12)13-9-5-3-4-8(11)6-9;1-7(2)10(12)13-9-6-4-3-5-8(9)11/h3*3-6,11H,1H2,2H3. The van der Waals surface area contributed by atoms with Crippen LogP contribution >= 0.6 is 0 Å². The van der Waals surface area contributed by atoms with Gasteiger partial charge in [0.15, 0.2) is 11.5 Å². The average Bonchev–Trinajstić information content (AvgIpc) is 2.87. The average molecular weight is 535 g/mol. The molecular formula is C30H30O9. The molecule has 0 bridgehead atoms. The van der Waals surface area contributed by atoms with Crippen molar-refractivity contribution in [1.82, 2.24) is 0 Å². The van der Waals surface area contributed by atoms with Gasteiger partial charge in [0.05, 0.1) is 0 Å². The van der Waals surface area contributed by atoms with Crippen molar-refractivity contribution in [2.45, 2.75) is 20.8 Å². The van der Waals surface area contributed by atoms with E-state index in [0.717, 1.165) is 0 Å². The molecule has 0 amide bonds. The van der Waals surface area contributed by atoms with E-state index in [2.05, 4.69) is 19.7 Å². The predicted molar refractivity (Wildman–Crippen MR) is 146 cm³/mol. The van der Waals surface area contributed by atoms with E-state index in [0.29, 0.717) is 28.2 Å². The molecule has 0 radical (unpaired) electrons. The number of hydrogen-bond acceptors (Lipinski definition) is 9. The maximum absolute atomic E-state index is 11.0. The van der Waals surface area contributed by atoms with Crippen LogP contribution in [0, 0.1) is 0 Å². The number of carbonyl (C=O) groups excluding carboxylic acids is 3. The largest absolute Gasteiger partial charge is 0.508 e. The van der Waals surface area contributed by atoms with Crippen molar-refractivity contribution in [3.05, 3.63) is 109 Å². The van der Waals surface area contributed by atoms with Gasteiger partial charge in [-0.15, -0.1) is 0 Å². The summed E-state index contributed by atoms with van der Waals surface area (Å²) in [4.78, 5) is 33.1. The summed E-state index contributed by atoms with van der Waals surface area (Å²) in [6.45, 7) is 15.0. The van der Waals surface area contributed by atoms with E-state index in [-0.39, 0.29) is 23.0 Å². The van der Waals surface area contributed by atoms with Gasteiger partial charge in [0.1, 0.15) is 23.0 Å². The molecule has 0 aliphatic rings. The van der Waals surface area contributed by atoms with Crippen molar-refractivity contribution < 1.29 is 43.9 Å². The highest BCUT2D eigenvalue weighted by Gasteiger charge is 2.08. The zero-order valence-corrected chi connectivity index (χ0v) is 21.8. The van der Waals surface area contributed by atoms with Gasteiger partial charge in [-0.25, -0.2) is 14.4 Å². The van der Waals surface area contributed by atoms with Crippen LogP contribution in [0.4, 0.5) is 0 Å². The minimum absolute atomic E-state index is 0.0582. The molecule has 0 aliphatic heterocycles. The highest BCUT2D eigenvalue weighted by Crippen LogP contribution is 2.25. The van der Waals surface area contributed by atoms with Crippen molar-refractivity contribution >= 4 is 17.9 Å². The maximum Gasteiger partial charge on any atom is 0.338 e. The van der Waals surface area contributed by atoms with Crippen molar-refractivity contribution in [2.24, 2.45) is 0 Å². The van der Waals surface area contributed by atoms with Gasteiger partial charge in [0.25, 0.3) is 0 Å². The molecule has 3 N–H and O–H groups in total. The molecule has 3 aromatic rings. The fourth-order valence-corrected chi connectivity index (χ4v) is 2.18. The Bertz CT molecular complexity index is 1340. The molecule has 204 valence electrons. The second-order valence-corrected chi connectivity index (χ2v) is 7.97. The van der Waals surface area contributed by atoms with Crippen LogP contribution in [0.15, 0.2) is 109 Å². The topological polar surface area (TPSA) is 140 Å². The van der Waals surface area contributed by atoms with Crippen LogP contribution in [0.2, 0.25) is 0 Å². The monoisotopic (exact) mass is 534 g/mol. The molecule has 9 heteroatoms. The second-order valence-electron chi connectivity index (χ2n) is 7.97. The van der Waals surface area contributed by atoms with E-state index in [9.17, 15) is 19.5 Å². The zero-order chi connectivity index (χ0) is 29.5. The van der Waals surface area contributed by atoms with E-state index in [4.69, 9.17) is 24.4 Å².